The third-order valence-electron chi connectivity index (χ3n) is 2.75. The van der Waals surface area contributed by atoms with Crippen LogP contribution in [-0.2, 0) is 20.9 Å². The highest BCUT2D eigenvalue weighted by molar-refractivity contribution is 7.09. The molecule has 120 valence electrons. The van der Waals surface area contributed by atoms with Crippen molar-refractivity contribution < 1.29 is 14.3 Å². The molecule has 1 N–H and O–H groups in total. The largest absolute Gasteiger partial charge is 0.452 e. The van der Waals surface area contributed by atoms with Gasteiger partial charge in [-0.1, -0.05) is 35.3 Å². The van der Waals surface area contributed by atoms with Gasteiger partial charge in [0.05, 0.1) is 6.54 Å². The fourth-order valence-electron chi connectivity index (χ4n) is 1.63. The predicted octanol–water partition coefficient (Wildman–Crippen LogP) is 3.93. The van der Waals surface area contributed by atoms with Gasteiger partial charge in [0.25, 0.3) is 5.91 Å². The molecular formula is C16H13Cl2NO3S. The topological polar surface area (TPSA) is 55.4 Å². The van der Waals surface area contributed by atoms with E-state index in [9.17, 15) is 9.59 Å². The van der Waals surface area contributed by atoms with Crippen LogP contribution in [0, 0.1) is 0 Å². The summed E-state index contributed by atoms with van der Waals surface area (Å²) in [5.41, 5.74) is 0.634. The number of benzene rings is 1. The lowest BCUT2D eigenvalue weighted by Crippen LogP contribution is -2.27. The molecule has 1 aromatic carbocycles. The first-order valence-electron chi connectivity index (χ1n) is 6.63. The van der Waals surface area contributed by atoms with Crippen molar-refractivity contribution in [3.8, 4) is 0 Å². The van der Waals surface area contributed by atoms with Gasteiger partial charge >= 0.3 is 5.97 Å². The van der Waals surface area contributed by atoms with Gasteiger partial charge in [-0.05, 0) is 35.2 Å². The summed E-state index contributed by atoms with van der Waals surface area (Å²) in [5.74, 6) is -0.980. The molecule has 0 fully saturated rings. The Balaban J connectivity index is 1.75. The SMILES string of the molecule is O=C(COC(=O)/C=C/c1ccc(Cl)cc1Cl)NCc1cccs1. The Kier molecular flexibility index (Phi) is 6.65. The minimum absolute atomic E-state index is 0.330. The summed E-state index contributed by atoms with van der Waals surface area (Å²) in [5, 5.41) is 5.53. The predicted molar refractivity (Wildman–Crippen MR) is 92.6 cm³/mol. The number of nitrogens with one attached hydrogen (secondary N) is 1. The molecule has 0 spiro atoms. The van der Waals surface area contributed by atoms with E-state index in [-0.39, 0.29) is 12.5 Å². The fraction of sp³-hybridized carbons (Fsp3) is 0.125. The second-order valence-corrected chi connectivity index (χ2v) is 6.34. The standard InChI is InChI=1S/C16H13Cl2NO3S/c17-12-5-3-11(14(18)8-12)4-6-16(21)22-10-15(20)19-9-13-2-1-7-23-13/h1-8H,9-10H2,(H,19,20)/b6-4+. The Hall–Kier alpha value is -1.82. The molecule has 1 aromatic heterocycles. The van der Waals surface area contributed by atoms with Crippen molar-refractivity contribution in [2.45, 2.75) is 6.54 Å². The highest BCUT2D eigenvalue weighted by atomic mass is 35.5. The number of thiophene rings is 1. The van der Waals surface area contributed by atoms with Gasteiger partial charge in [0, 0.05) is 21.0 Å². The summed E-state index contributed by atoms with van der Waals surface area (Å²) in [6.07, 6.45) is 2.71. The van der Waals surface area contributed by atoms with Gasteiger partial charge in [0.1, 0.15) is 0 Å². The molecule has 4 nitrogen and oxygen atoms in total. The van der Waals surface area contributed by atoms with Crippen molar-refractivity contribution in [2.24, 2.45) is 0 Å². The smallest absolute Gasteiger partial charge is 0.331 e. The van der Waals surface area contributed by atoms with Crippen LogP contribution in [0.15, 0.2) is 41.8 Å². The molecule has 0 unspecified atom stereocenters. The van der Waals surface area contributed by atoms with Gasteiger partial charge in [-0.2, -0.15) is 0 Å². The summed E-state index contributed by atoms with van der Waals surface area (Å²) in [7, 11) is 0. The van der Waals surface area contributed by atoms with Crippen molar-refractivity contribution in [1.29, 1.82) is 0 Å². The lowest BCUT2D eigenvalue weighted by molar-refractivity contribution is -0.143. The summed E-state index contributed by atoms with van der Waals surface area (Å²) in [6.45, 7) is 0.0904. The summed E-state index contributed by atoms with van der Waals surface area (Å²) in [6, 6.07) is 8.74. The molecule has 23 heavy (non-hydrogen) atoms. The van der Waals surface area contributed by atoms with Gasteiger partial charge in [-0.3, -0.25) is 4.79 Å². The fourth-order valence-corrected chi connectivity index (χ4v) is 2.75. The number of hydrogen-bond acceptors (Lipinski definition) is 4. The first-order valence-corrected chi connectivity index (χ1v) is 8.27. The van der Waals surface area contributed by atoms with Gasteiger partial charge in [-0.15, -0.1) is 11.3 Å². The highest BCUT2D eigenvalue weighted by Crippen LogP contribution is 2.21. The van der Waals surface area contributed by atoms with Crippen LogP contribution in [-0.4, -0.2) is 18.5 Å². The van der Waals surface area contributed by atoms with E-state index in [1.165, 1.54) is 12.2 Å². The molecule has 0 aliphatic carbocycles. The number of halogens is 2. The lowest BCUT2D eigenvalue weighted by Gasteiger charge is -2.04. The maximum absolute atomic E-state index is 11.6. The maximum Gasteiger partial charge on any atom is 0.331 e. The molecule has 0 atom stereocenters. The van der Waals surface area contributed by atoms with Gasteiger partial charge in [-0.25, -0.2) is 4.79 Å². The van der Waals surface area contributed by atoms with Crippen LogP contribution < -0.4 is 5.32 Å². The molecule has 7 heteroatoms. The van der Waals surface area contributed by atoms with Crippen molar-refractivity contribution in [1.82, 2.24) is 5.32 Å². The number of esters is 1. The van der Waals surface area contributed by atoms with E-state index < -0.39 is 5.97 Å². The maximum atomic E-state index is 11.6. The normalized spacial score (nSPS) is 10.7. The van der Waals surface area contributed by atoms with Crippen LogP contribution in [0.3, 0.4) is 0 Å². The molecular weight excluding hydrogens is 357 g/mol. The molecule has 1 amide bonds. The zero-order chi connectivity index (χ0) is 16.7. The van der Waals surface area contributed by atoms with E-state index in [1.807, 2.05) is 17.5 Å². The van der Waals surface area contributed by atoms with E-state index in [2.05, 4.69) is 5.32 Å². The lowest BCUT2D eigenvalue weighted by atomic mass is 10.2. The van der Waals surface area contributed by atoms with Crippen LogP contribution in [0.25, 0.3) is 6.08 Å². The molecule has 0 saturated heterocycles. The summed E-state index contributed by atoms with van der Waals surface area (Å²) in [4.78, 5) is 24.2. The third-order valence-corrected chi connectivity index (χ3v) is 4.19. The molecule has 0 aliphatic heterocycles. The molecule has 0 saturated carbocycles. The molecule has 0 aliphatic rings. The van der Waals surface area contributed by atoms with Crippen LogP contribution in [0.2, 0.25) is 10.0 Å². The molecule has 0 bridgehead atoms. The minimum Gasteiger partial charge on any atom is -0.452 e. The van der Waals surface area contributed by atoms with E-state index in [4.69, 9.17) is 27.9 Å². The van der Waals surface area contributed by atoms with Gasteiger partial charge in [0.15, 0.2) is 6.61 Å². The number of hydrogen-bond donors (Lipinski definition) is 1. The average molecular weight is 370 g/mol. The second-order valence-electron chi connectivity index (χ2n) is 4.46. The van der Waals surface area contributed by atoms with Gasteiger partial charge in [0.2, 0.25) is 0 Å². The number of carbonyl (C=O) groups is 2. The van der Waals surface area contributed by atoms with Crippen molar-refractivity contribution >= 4 is 52.5 Å². The summed E-state index contributed by atoms with van der Waals surface area (Å²) >= 11 is 13.3. The molecule has 2 aromatic rings. The number of rotatable bonds is 6. The zero-order valence-electron chi connectivity index (χ0n) is 11.9. The van der Waals surface area contributed by atoms with E-state index in [0.717, 1.165) is 4.88 Å². The van der Waals surface area contributed by atoms with Crippen molar-refractivity contribution in [2.75, 3.05) is 6.61 Å². The molecule has 2 rings (SSSR count). The highest BCUT2D eigenvalue weighted by Gasteiger charge is 2.05. The average Bonchev–Trinajstić information content (AvgIpc) is 3.03. The van der Waals surface area contributed by atoms with Gasteiger partial charge < -0.3 is 10.1 Å². The number of amides is 1. The first kappa shape index (κ1) is 17.5. The summed E-state index contributed by atoms with van der Waals surface area (Å²) < 4.78 is 4.86. The van der Waals surface area contributed by atoms with E-state index >= 15 is 0 Å². The molecule has 1 heterocycles. The van der Waals surface area contributed by atoms with Crippen molar-refractivity contribution in [3.63, 3.8) is 0 Å². The second kappa shape index (κ2) is 8.72. The molecule has 0 radical (unpaired) electrons. The number of ether oxygens (including phenoxy) is 1. The van der Waals surface area contributed by atoms with E-state index in [1.54, 1.807) is 29.5 Å². The Morgan fingerprint density at radius 1 is 1.26 bits per heavy atom. The zero-order valence-corrected chi connectivity index (χ0v) is 14.3. The Labute approximate surface area is 147 Å². The quantitative estimate of drug-likeness (QED) is 0.619. The van der Waals surface area contributed by atoms with Crippen molar-refractivity contribution in [3.05, 3.63) is 62.3 Å². The number of carbonyl (C=O) groups excluding carboxylic acids is 2. The Morgan fingerprint density at radius 2 is 2.09 bits per heavy atom. The third kappa shape index (κ3) is 6.06. The van der Waals surface area contributed by atoms with Crippen LogP contribution in [0.4, 0.5) is 0 Å². The monoisotopic (exact) mass is 369 g/mol. The van der Waals surface area contributed by atoms with E-state index in [0.29, 0.717) is 22.2 Å². The Bertz CT molecular complexity index is 714. The van der Waals surface area contributed by atoms with Crippen LogP contribution >= 0.6 is 34.5 Å². The first-order chi connectivity index (χ1) is 11.0. The van der Waals surface area contributed by atoms with Crippen LogP contribution in [0.5, 0.6) is 0 Å². The minimum atomic E-state index is -0.623. The van der Waals surface area contributed by atoms with Crippen LogP contribution in [0.1, 0.15) is 10.4 Å². The Morgan fingerprint density at radius 3 is 2.78 bits per heavy atom.